The molecule has 1 unspecified atom stereocenters. The molecule has 0 saturated heterocycles. The van der Waals surface area contributed by atoms with E-state index in [2.05, 4.69) is 42.3 Å². The summed E-state index contributed by atoms with van der Waals surface area (Å²) in [6.45, 7) is 2.21. The Balaban J connectivity index is 2.27. The Labute approximate surface area is 85.2 Å². The SMILES string of the molecule is CCC1=CC=CCC1c1ccccn1. The summed E-state index contributed by atoms with van der Waals surface area (Å²) in [4.78, 5) is 4.43. The van der Waals surface area contributed by atoms with Gasteiger partial charge in [-0.2, -0.15) is 0 Å². The molecule has 1 aromatic rings. The molecule has 0 aliphatic heterocycles. The standard InChI is InChI=1S/C13H15N/c1-2-11-7-3-4-8-12(11)13-9-5-6-10-14-13/h3-7,9-10,12H,2,8H2,1H3. The first-order chi connectivity index (χ1) is 6.92. The minimum absolute atomic E-state index is 0.506. The van der Waals surface area contributed by atoms with E-state index in [1.54, 1.807) is 0 Å². The lowest BCUT2D eigenvalue weighted by Gasteiger charge is -2.19. The highest BCUT2D eigenvalue weighted by Crippen LogP contribution is 2.31. The van der Waals surface area contributed by atoms with Crippen molar-refractivity contribution in [3.05, 3.63) is 53.9 Å². The van der Waals surface area contributed by atoms with E-state index < -0.39 is 0 Å². The molecular formula is C13H15N. The van der Waals surface area contributed by atoms with Crippen molar-refractivity contribution in [3.63, 3.8) is 0 Å². The number of allylic oxidation sites excluding steroid dienone is 4. The third-order valence-corrected chi connectivity index (χ3v) is 2.72. The van der Waals surface area contributed by atoms with Crippen LogP contribution < -0.4 is 0 Å². The molecule has 0 amide bonds. The van der Waals surface area contributed by atoms with Crippen molar-refractivity contribution in [2.24, 2.45) is 0 Å². The summed E-state index contributed by atoms with van der Waals surface area (Å²) in [5.41, 5.74) is 2.69. The number of aromatic nitrogens is 1. The van der Waals surface area contributed by atoms with Crippen molar-refractivity contribution in [2.75, 3.05) is 0 Å². The molecule has 1 atom stereocenters. The first-order valence-corrected chi connectivity index (χ1v) is 5.18. The van der Waals surface area contributed by atoms with Gasteiger partial charge in [-0.15, -0.1) is 0 Å². The first kappa shape index (κ1) is 9.20. The number of hydrogen-bond acceptors (Lipinski definition) is 1. The molecule has 1 heteroatoms. The first-order valence-electron chi connectivity index (χ1n) is 5.18. The molecule has 1 aliphatic rings. The van der Waals surface area contributed by atoms with Crippen LogP contribution in [0.3, 0.4) is 0 Å². The van der Waals surface area contributed by atoms with E-state index in [4.69, 9.17) is 0 Å². The van der Waals surface area contributed by atoms with E-state index in [-0.39, 0.29) is 0 Å². The largest absolute Gasteiger partial charge is 0.261 e. The smallest absolute Gasteiger partial charge is 0.0478 e. The molecule has 1 nitrogen and oxygen atoms in total. The summed E-state index contributed by atoms with van der Waals surface area (Å²) in [5, 5.41) is 0. The zero-order valence-corrected chi connectivity index (χ0v) is 8.48. The number of rotatable bonds is 2. The molecule has 0 bridgehead atoms. The molecule has 0 fully saturated rings. The Hall–Kier alpha value is -1.37. The summed E-state index contributed by atoms with van der Waals surface area (Å²) < 4.78 is 0. The molecule has 0 N–H and O–H groups in total. The van der Waals surface area contributed by atoms with E-state index in [1.165, 1.54) is 11.3 Å². The van der Waals surface area contributed by atoms with Crippen LogP contribution in [0.4, 0.5) is 0 Å². The van der Waals surface area contributed by atoms with Gasteiger partial charge in [0.1, 0.15) is 0 Å². The predicted molar refractivity (Wildman–Crippen MR) is 59.1 cm³/mol. The Morgan fingerprint density at radius 2 is 2.36 bits per heavy atom. The summed E-state index contributed by atoms with van der Waals surface area (Å²) in [6.07, 6.45) is 10.7. The van der Waals surface area contributed by atoms with Crippen LogP contribution in [0.25, 0.3) is 0 Å². The number of nitrogens with zero attached hydrogens (tertiary/aromatic N) is 1. The Morgan fingerprint density at radius 3 is 3.07 bits per heavy atom. The molecule has 0 saturated carbocycles. The molecular weight excluding hydrogens is 170 g/mol. The van der Waals surface area contributed by atoms with Gasteiger partial charge >= 0.3 is 0 Å². The maximum atomic E-state index is 4.43. The van der Waals surface area contributed by atoms with Crippen LogP contribution in [0.1, 0.15) is 31.4 Å². The van der Waals surface area contributed by atoms with Crippen LogP contribution >= 0.6 is 0 Å². The van der Waals surface area contributed by atoms with Gasteiger partial charge in [-0.3, -0.25) is 4.98 Å². The van der Waals surface area contributed by atoms with Crippen molar-refractivity contribution in [1.29, 1.82) is 0 Å². The van der Waals surface area contributed by atoms with Gasteiger partial charge in [-0.25, -0.2) is 0 Å². The summed E-state index contributed by atoms with van der Waals surface area (Å²) >= 11 is 0. The lowest BCUT2D eigenvalue weighted by atomic mass is 9.87. The second kappa shape index (κ2) is 4.23. The monoisotopic (exact) mass is 185 g/mol. The van der Waals surface area contributed by atoms with Gasteiger partial charge in [0, 0.05) is 17.8 Å². The van der Waals surface area contributed by atoms with Crippen molar-refractivity contribution >= 4 is 0 Å². The summed E-state index contributed by atoms with van der Waals surface area (Å²) in [5.74, 6) is 0.506. The quantitative estimate of drug-likeness (QED) is 0.687. The normalized spacial score (nSPS) is 20.6. The zero-order chi connectivity index (χ0) is 9.80. The van der Waals surface area contributed by atoms with Gasteiger partial charge in [0.05, 0.1) is 0 Å². The van der Waals surface area contributed by atoms with Gasteiger partial charge in [0.2, 0.25) is 0 Å². The number of hydrogen-bond donors (Lipinski definition) is 0. The van der Waals surface area contributed by atoms with Crippen LogP contribution in [-0.4, -0.2) is 4.98 Å². The van der Waals surface area contributed by atoms with E-state index in [1.807, 2.05) is 12.3 Å². The van der Waals surface area contributed by atoms with E-state index >= 15 is 0 Å². The van der Waals surface area contributed by atoms with Gasteiger partial charge in [-0.05, 0) is 25.0 Å². The Morgan fingerprint density at radius 1 is 1.43 bits per heavy atom. The van der Waals surface area contributed by atoms with Crippen molar-refractivity contribution in [2.45, 2.75) is 25.7 Å². The third kappa shape index (κ3) is 1.77. The molecule has 1 aliphatic carbocycles. The van der Waals surface area contributed by atoms with Gasteiger partial charge in [0.15, 0.2) is 0 Å². The topological polar surface area (TPSA) is 12.9 Å². The van der Waals surface area contributed by atoms with Gasteiger partial charge < -0.3 is 0 Å². The van der Waals surface area contributed by atoms with Crippen LogP contribution in [-0.2, 0) is 0 Å². The maximum Gasteiger partial charge on any atom is 0.0478 e. The molecule has 1 aromatic heterocycles. The molecule has 0 aromatic carbocycles. The highest BCUT2D eigenvalue weighted by Gasteiger charge is 2.16. The molecule has 72 valence electrons. The van der Waals surface area contributed by atoms with Crippen LogP contribution in [0.2, 0.25) is 0 Å². The Kier molecular flexibility index (Phi) is 2.78. The fourth-order valence-corrected chi connectivity index (χ4v) is 1.93. The summed E-state index contributed by atoms with van der Waals surface area (Å²) in [6, 6.07) is 6.15. The minimum Gasteiger partial charge on any atom is -0.261 e. The van der Waals surface area contributed by atoms with Crippen molar-refractivity contribution in [1.82, 2.24) is 4.98 Å². The highest BCUT2D eigenvalue weighted by molar-refractivity contribution is 5.30. The lowest BCUT2D eigenvalue weighted by Crippen LogP contribution is -2.05. The van der Waals surface area contributed by atoms with E-state index in [0.717, 1.165) is 12.8 Å². The maximum absolute atomic E-state index is 4.43. The van der Waals surface area contributed by atoms with Crippen LogP contribution in [0.5, 0.6) is 0 Å². The van der Waals surface area contributed by atoms with Crippen LogP contribution in [0.15, 0.2) is 48.2 Å². The third-order valence-electron chi connectivity index (χ3n) is 2.72. The lowest BCUT2D eigenvalue weighted by molar-refractivity contribution is 0.735. The van der Waals surface area contributed by atoms with Gasteiger partial charge in [-0.1, -0.05) is 36.8 Å². The molecule has 14 heavy (non-hydrogen) atoms. The van der Waals surface area contributed by atoms with Gasteiger partial charge in [0.25, 0.3) is 0 Å². The van der Waals surface area contributed by atoms with Crippen LogP contribution in [0, 0.1) is 0 Å². The van der Waals surface area contributed by atoms with Crippen molar-refractivity contribution < 1.29 is 0 Å². The molecule has 1 heterocycles. The summed E-state index contributed by atoms with van der Waals surface area (Å²) in [7, 11) is 0. The molecule has 0 radical (unpaired) electrons. The average molecular weight is 185 g/mol. The second-order valence-corrected chi connectivity index (χ2v) is 3.57. The fraction of sp³-hybridized carbons (Fsp3) is 0.308. The average Bonchev–Trinajstić information content (AvgIpc) is 2.30. The van der Waals surface area contributed by atoms with E-state index in [0.29, 0.717) is 5.92 Å². The fourth-order valence-electron chi connectivity index (χ4n) is 1.93. The zero-order valence-electron chi connectivity index (χ0n) is 8.48. The van der Waals surface area contributed by atoms with Crippen molar-refractivity contribution in [3.8, 4) is 0 Å². The molecule has 2 rings (SSSR count). The Bertz CT molecular complexity index is 349. The minimum atomic E-state index is 0.506. The number of pyridine rings is 1. The predicted octanol–water partition coefficient (Wildman–Crippen LogP) is 3.46. The second-order valence-electron chi connectivity index (χ2n) is 3.57. The molecule has 0 spiro atoms. The van der Waals surface area contributed by atoms with E-state index in [9.17, 15) is 0 Å². The highest BCUT2D eigenvalue weighted by atomic mass is 14.7.